The van der Waals surface area contributed by atoms with Crippen LogP contribution in [0.1, 0.15) is 46.5 Å². The van der Waals surface area contributed by atoms with E-state index in [0.29, 0.717) is 0 Å². The summed E-state index contributed by atoms with van der Waals surface area (Å²) in [5.74, 6) is 0.242. The predicted octanol–water partition coefficient (Wildman–Crippen LogP) is 7.23. The Morgan fingerprint density at radius 1 is 1.19 bits per heavy atom. The van der Waals surface area contributed by atoms with E-state index < -0.39 is 0 Å². The first kappa shape index (κ1) is 22.3. The van der Waals surface area contributed by atoms with Gasteiger partial charge in [0.25, 0.3) is 0 Å². The van der Waals surface area contributed by atoms with Gasteiger partial charge in [-0.1, -0.05) is 74.8 Å². The lowest BCUT2D eigenvalue weighted by atomic mass is 10.0. The fraction of sp³-hybridized carbons (Fsp3) is 0.280. The Morgan fingerprint density at radius 3 is 2.52 bits per heavy atom. The maximum atomic E-state index is 8.10. The number of allylic oxidation sites excluding steroid dienone is 12. The van der Waals surface area contributed by atoms with Crippen LogP contribution in [0.4, 0.5) is 0 Å². The minimum Gasteiger partial charge on any atom is -0.282 e. The van der Waals surface area contributed by atoms with Gasteiger partial charge in [-0.05, 0) is 62.3 Å². The molecule has 0 aromatic carbocycles. The highest BCUT2D eigenvalue weighted by Gasteiger charge is 2.01. The van der Waals surface area contributed by atoms with E-state index in [0.717, 1.165) is 48.1 Å². The molecule has 0 bridgehead atoms. The zero-order valence-electron chi connectivity index (χ0n) is 17.0. The maximum Gasteiger partial charge on any atom is 0.151 e. The Labute approximate surface area is 165 Å². The summed E-state index contributed by atoms with van der Waals surface area (Å²) < 4.78 is 0. The average molecular weight is 361 g/mol. The zero-order chi connectivity index (χ0) is 20.1. The first-order chi connectivity index (χ1) is 13.0. The number of hydrogen-bond donors (Lipinski definition) is 1. The molecule has 1 rings (SSSR count). The summed E-state index contributed by atoms with van der Waals surface area (Å²) in [6.07, 6.45) is 24.6. The van der Waals surface area contributed by atoms with Crippen LogP contribution in [0, 0.1) is 5.41 Å². The maximum absolute atomic E-state index is 8.10. The second-order valence-corrected chi connectivity index (χ2v) is 6.42. The molecule has 0 unspecified atom stereocenters. The predicted molar refractivity (Wildman–Crippen MR) is 122 cm³/mol. The molecule has 0 heterocycles. The van der Waals surface area contributed by atoms with Crippen LogP contribution < -0.4 is 0 Å². The minimum atomic E-state index is 0.242. The third-order valence-corrected chi connectivity index (χ3v) is 4.14. The van der Waals surface area contributed by atoms with E-state index >= 15 is 0 Å². The first-order valence-electron chi connectivity index (χ1n) is 9.52. The standard InChI is InChI=1S/C25H32N2/c1-6-14-24(8-3)25(26)27-21(5)19-20(4)23(7-2)18-13-12-17-22-15-10-9-11-16-22/h7-8,10,12-16,18-19,26H,2-3,6,9,11,17H2,1,4-5H3/b13-12-,20-19+,23-18+,24-14-,26-25?,27-21?. The van der Waals surface area contributed by atoms with Crippen LogP contribution >= 0.6 is 0 Å². The van der Waals surface area contributed by atoms with Crippen molar-refractivity contribution < 1.29 is 0 Å². The van der Waals surface area contributed by atoms with Crippen LogP contribution in [0.3, 0.4) is 0 Å². The molecular formula is C25H32N2. The van der Waals surface area contributed by atoms with E-state index in [9.17, 15) is 0 Å². The summed E-state index contributed by atoms with van der Waals surface area (Å²) in [5.41, 5.74) is 5.04. The molecule has 0 saturated carbocycles. The summed E-state index contributed by atoms with van der Waals surface area (Å²) in [5, 5.41) is 8.10. The van der Waals surface area contributed by atoms with E-state index in [1.165, 1.54) is 5.57 Å². The van der Waals surface area contributed by atoms with Gasteiger partial charge in [0.05, 0.1) is 0 Å². The highest BCUT2D eigenvalue weighted by molar-refractivity contribution is 6.09. The van der Waals surface area contributed by atoms with Crippen LogP contribution in [0.2, 0.25) is 0 Å². The van der Waals surface area contributed by atoms with Crippen molar-refractivity contribution in [3.8, 4) is 0 Å². The number of amidine groups is 1. The van der Waals surface area contributed by atoms with Gasteiger partial charge >= 0.3 is 0 Å². The van der Waals surface area contributed by atoms with E-state index in [1.807, 2.05) is 39.0 Å². The van der Waals surface area contributed by atoms with Gasteiger partial charge in [-0.2, -0.15) is 0 Å². The molecule has 2 heteroatoms. The van der Waals surface area contributed by atoms with Crippen molar-refractivity contribution in [1.29, 1.82) is 5.41 Å². The van der Waals surface area contributed by atoms with Gasteiger partial charge in [0.15, 0.2) is 5.84 Å². The van der Waals surface area contributed by atoms with Gasteiger partial charge in [-0.25, -0.2) is 4.99 Å². The highest BCUT2D eigenvalue weighted by Crippen LogP contribution is 2.15. The lowest BCUT2D eigenvalue weighted by Gasteiger charge is -2.04. The number of nitrogens with one attached hydrogen (secondary N) is 1. The van der Waals surface area contributed by atoms with Gasteiger partial charge in [-0.15, -0.1) is 0 Å². The molecular weight excluding hydrogens is 328 g/mol. The fourth-order valence-corrected chi connectivity index (χ4v) is 2.72. The quantitative estimate of drug-likeness (QED) is 0.256. The SMILES string of the molecule is C=C/C(=C/CC)C(=N)N=C(C)/C=C(C)/C(C=C)=C/C=C\CC1=CCCC=C1. The van der Waals surface area contributed by atoms with Crippen molar-refractivity contribution in [3.05, 3.63) is 96.2 Å². The molecule has 1 aliphatic carbocycles. The Balaban J connectivity index is 2.82. The van der Waals surface area contributed by atoms with Crippen LogP contribution in [0.15, 0.2) is 101 Å². The first-order valence-corrected chi connectivity index (χ1v) is 9.52. The van der Waals surface area contributed by atoms with Gasteiger partial charge in [0, 0.05) is 11.3 Å². The van der Waals surface area contributed by atoms with Crippen molar-refractivity contribution in [2.24, 2.45) is 4.99 Å². The number of hydrogen-bond acceptors (Lipinski definition) is 1. The molecule has 0 fully saturated rings. The molecule has 142 valence electrons. The van der Waals surface area contributed by atoms with Crippen molar-refractivity contribution in [1.82, 2.24) is 0 Å². The molecule has 0 aliphatic heterocycles. The highest BCUT2D eigenvalue weighted by atomic mass is 14.8. The van der Waals surface area contributed by atoms with Crippen molar-refractivity contribution in [2.45, 2.75) is 46.5 Å². The summed E-state index contributed by atoms with van der Waals surface area (Å²) in [7, 11) is 0. The molecule has 0 aromatic rings. The molecule has 1 aliphatic rings. The molecule has 0 saturated heterocycles. The minimum absolute atomic E-state index is 0.242. The van der Waals surface area contributed by atoms with Gasteiger partial charge in [0.2, 0.25) is 0 Å². The normalized spacial score (nSPS) is 16.5. The molecule has 0 amide bonds. The van der Waals surface area contributed by atoms with Crippen molar-refractivity contribution in [2.75, 3.05) is 0 Å². The largest absolute Gasteiger partial charge is 0.282 e. The molecule has 0 radical (unpaired) electrons. The van der Waals surface area contributed by atoms with E-state index in [1.54, 1.807) is 6.08 Å². The molecule has 2 nitrogen and oxygen atoms in total. The van der Waals surface area contributed by atoms with Crippen LogP contribution in [0.25, 0.3) is 0 Å². The van der Waals surface area contributed by atoms with Crippen molar-refractivity contribution in [3.63, 3.8) is 0 Å². The average Bonchev–Trinajstić information content (AvgIpc) is 2.66. The van der Waals surface area contributed by atoms with Gasteiger partial charge in [-0.3, -0.25) is 5.41 Å². The molecule has 0 atom stereocenters. The second kappa shape index (κ2) is 12.6. The fourth-order valence-electron chi connectivity index (χ4n) is 2.72. The summed E-state index contributed by atoms with van der Waals surface area (Å²) in [6, 6.07) is 0. The van der Waals surface area contributed by atoms with Gasteiger partial charge < -0.3 is 0 Å². The molecule has 1 N–H and O–H groups in total. The lowest BCUT2D eigenvalue weighted by Crippen LogP contribution is -2.00. The van der Waals surface area contributed by atoms with Crippen LogP contribution in [0.5, 0.6) is 0 Å². The Bertz CT molecular complexity index is 762. The zero-order valence-corrected chi connectivity index (χ0v) is 17.0. The monoisotopic (exact) mass is 360 g/mol. The Kier molecular flexibility index (Phi) is 10.4. The van der Waals surface area contributed by atoms with E-state index in [2.05, 4.69) is 54.6 Å². The third-order valence-electron chi connectivity index (χ3n) is 4.14. The topological polar surface area (TPSA) is 36.2 Å². The number of aliphatic imine (C=N–C) groups is 1. The molecule has 0 aromatic heterocycles. The van der Waals surface area contributed by atoms with Crippen LogP contribution in [-0.2, 0) is 0 Å². The van der Waals surface area contributed by atoms with E-state index in [-0.39, 0.29) is 5.84 Å². The Morgan fingerprint density at radius 2 is 1.93 bits per heavy atom. The summed E-state index contributed by atoms with van der Waals surface area (Å²) in [4.78, 5) is 4.37. The van der Waals surface area contributed by atoms with E-state index in [4.69, 9.17) is 5.41 Å². The van der Waals surface area contributed by atoms with Crippen molar-refractivity contribution >= 4 is 11.5 Å². The lowest BCUT2D eigenvalue weighted by molar-refractivity contribution is 1.00. The third kappa shape index (κ3) is 8.46. The summed E-state index contributed by atoms with van der Waals surface area (Å²) in [6.45, 7) is 13.6. The Hall–Kier alpha value is -2.74. The molecule has 0 spiro atoms. The second-order valence-electron chi connectivity index (χ2n) is 6.42. The number of rotatable bonds is 9. The number of nitrogens with zero attached hydrogens (tertiary/aromatic N) is 1. The smallest absolute Gasteiger partial charge is 0.151 e. The molecule has 27 heavy (non-hydrogen) atoms. The van der Waals surface area contributed by atoms with Crippen LogP contribution in [-0.4, -0.2) is 11.5 Å². The summed E-state index contributed by atoms with van der Waals surface area (Å²) >= 11 is 0. The van der Waals surface area contributed by atoms with Gasteiger partial charge in [0.1, 0.15) is 0 Å².